The van der Waals surface area contributed by atoms with Gasteiger partial charge in [0.1, 0.15) is 16.8 Å². The summed E-state index contributed by atoms with van der Waals surface area (Å²) >= 11 is 0. The molecule has 6 rings (SSSR count). The van der Waals surface area contributed by atoms with Gasteiger partial charge in [0.25, 0.3) is 40.5 Å². The van der Waals surface area contributed by atoms with E-state index in [0.717, 1.165) is 28.7 Å². The number of fused-ring (bicyclic) bond motifs is 2. The molecule has 0 spiro atoms. The molecule has 358 valence electrons. The quantitative estimate of drug-likeness (QED) is 0.0498. The van der Waals surface area contributed by atoms with E-state index in [-0.39, 0.29) is 37.4 Å². The van der Waals surface area contributed by atoms with Crippen LogP contribution in [-0.4, -0.2) is 94.0 Å². The van der Waals surface area contributed by atoms with Crippen LogP contribution in [0.3, 0.4) is 0 Å². The third-order valence-corrected chi connectivity index (χ3v) is 15.3. The highest BCUT2D eigenvalue weighted by atomic mass is 32.2. The lowest BCUT2D eigenvalue weighted by Crippen LogP contribution is -2.37. The van der Waals surface area contributed by atoms with Gasteiger partial charge in [0.2, 0.25) is 0 Å². The fourth-order valence-electron chi connectivity index (χ4n) is 8.66. The first kappa shape index (κ1) is 50.8. The van der Waals surface area contributed by atoms with E-state index in [0.29, 0.717) is 72.1 Å². The lowest BCUT2D eigenvalue weighted by molar-refractivity contribution is -0.686. The van der Waals surface area contributed by atoms with Crippen molar-refractivity contribution < 1.29 is 66.3 Å². The van der Waals surface area contributed by atoms with Gasteiger partial charge in [-0.25, -0.2) is 4.57 Å². The Morgan fingerprint density at radius 2 is 1.44 bits per heavy atom. The summed E-state index contributed by atoms with van der Waals surface area (Å²) in [7, 11) is -17.8. The number of pyridine rings is 1. The van der Waals surface area contributed by atoms with Gasteiger partial charge in [-0.1, -0.05) is 38.1 Å². The largest absolute Gasteiger partial charge is 0.494 e. The SMILES string of the molecule is CC1(C)C(/C=C/C2=C(c3cccc(OCCCCO)c3)C(=C/C=C3/N(CCCS(=O)(=O)O)c4ccc(S(=O)(=O)O)cc4C3(C)C)/CCC2)=Nc2c1cc(S(=O)(=O)O)c[n+]2CCCS(=O)(=O)O. The van der Waals surface area contributed by atoms with Crippen LogP contribution in [0.15, 0.2) is 111 Å². The first-order valence-corrected chi connectivity index (χ1v) is 27.4. The topological polar surface area (TPSA) is 266 Å². The van der Waals surface area contributed by atoms with Crippen LogP contribution in [0.1, 0.15) is 89.3 Å². The highest BCUT2D eigenvalue weighted by Crippen LogP contribution is 2.49. The molecule has 0 amide bonds. The van der Waals surface area contributed by atoms with Crippen molar-refractivity contribution in [2.75, 3.05) is 36.2 Å². The van der Waals surface area contributed by atoms with E-state index < -0.39 is 67.7 Å². The summed E-state index contributed by atoms with van der Waals surface area (Å²) in [6, 6.07) is 13.2. The molecule has 2 aromatic carbocycles. The van der Waals surface area contributed by atoms with Crippen molar-refractivity contribution in [3.8, 4) is 5.75 Å². The van der Waals surface area contributed by atoms with E-state index in [9.17, 15) is 57.0 Å². The zero-order valence-corrected chi connectivity index (χ0v) is 40.3. The Labute approximate surface area is 386 Å². The van der Waals surface area contributed by atoms with Crippen LogP contribution in [0.4, 0.5) is 11.5 Å². The molecule has 3 aromatic rings. The van der Waals surface area contributed by atoms with Gasteiger partial charge >= 0.3 is 5.82 Å². The van der Waals surface area contributed by atoms with E-state index >= 15 is 0 Å². The Morgan fingerprint density at radius 1 is 0.758 bits per heavy atom. The number of anilines is 1. The fraction of sp³-hybridized carbons (Fsp3) is 0.422. The summed E-state index contributed by atoms with van der Waals surface area (Å²) in [5.41, 5.74) is 4.79. The molecule has 17 nitrogen and oxygen atoms in total. The van der Waals surface area contributed by atoms with E-state index in [1.54, 1.807) is 6.07 Å². The first-order chi connectivity index (χ1) is 30.7. The van der Waals surface area contributed by atoms with Gasteiger partial charge in [-0.15, -0.1) is 0 Å². The van der Waals surface area contributed by atoms with Gasteiger partial charge in [-0.05, 0) is 134 Å². The molecular formula is C45H56N3O14S4+. The zero-order chi connectivity index (χ0) is 48.5. The van der Waals surface area contributed by atoms with Crippen LogP contribution >= 0.6 is 0 Å². The fourth-order valence-corrected chi connectivity index (χ4v) is 10.7. The molecular weight excluding hydrogens is 935 g/mol. The number of allylic oxidation sites excluding steroid dienone is 8. The van der Waals surface area contributed by atoms with Crippen molar-refractivity contribution >= 4 is 63.3 Å². The molecule has 1 aromatic heterocycles. The molecule has 0 atom stereocenters. The van der Waals surface area contributed by atoms with Gasteiger partial charge in [0.05, 0.1) is 40.5 Å². The maximum atomic E-state index is 12.4. The predicted octanol–water partition coefficient (Wildman–Crippen LogP) is 6.34. The van der Waals surface area contributed by atoms with Crippen LogP contribution in [0, 0.1) is 0 Å². The zero-order valence-electron chi connectivity index (χ0n) is 37.1. The van der Waals surface area contributed by atoms with Crippen molar-refractivity contribution in [1.29, 1.82) is 0 Å². The average Bonchev–Trinajstić information content (AvgIpc) is 3.60. The number of ether oxygens (including phenoxy) is 1. The summed E-state index contributed by atoms with van der Waals surface area (Å²) < 4.78 is 142. The Hall–Kier alpha value is -4.58. The third-order valence-electron chi connectivity index (χ3n) is 12.0. The Kier molecular flexibility index (Phi) is 15.1. The molecule has 3 aliphatic rings. The van der Waals surface area contributed by atoms with Gasteiger partial charge in [-0.2, -0.15) is 33.7 Å². The third kappa shape index (κ3) is 11.9. The van der Waals surface area contributed by atoms with Crippen LogP contribution in [0.2, 0.25) is 0 Å². The van der Waals surface area contributed by atoms with Crippen molar-refractivity contribution in [2.45, 2.75) is 99.8 Å². The molecule has 66 heavy (non-hydrogen) atoms. The number of aryl methyl sites for hydroxylation is 1. The smallest absolute Gasteiger partial charge is 0.327 e. The number of hydrogen-bond donors (Lipinski definition) is 5. The number of nitrogens with zero attached hydrogens (tertiary/aromatic N) is 3. The van der Waals surface area contributed by atoms with Crippen LogP contribution < -0.4 is 14.2 Å². The van der Waals surface area contributed by atoms with Crippen LogP contribution in [0.25, 0.3) is 5.57 Å². The Balaban J connectivity index is 1.48. The molecule has 1 aliphatic carbocycles. The normalized spacial score (nSPS) is 18.6. The first-order valence-electron chi connectivity index (χ1n) is 21.3. The number of aromatic nitrogens is 1. The van der Waals surface area contributed by atoms with Gasteiger partial charge in [0.15, 0.2) is 5.71 Å². The maximum absolute atomic E-state index is 12.4. The summed E-state index contributed by atoms with van der Waals surface area (Å²) in [4.78, 5) is 6.11. The lowest BCUT2D eigenvalue weighted by Gasteiger charge is -2.27. The molecule has 21 heteroatoms. The van der Waals surface area contributed by atoms with E-state index in [1.165, 1.54) is 29.0 Å². The minimum atomic E-state index is -4.68. The number of aliphatic imine (C=N–C) groups is 1. The van der Waals surface area contributed by atoms with Crippen molar-refractivity contribution in [2.24, 2.45) is 4.99 Å². The summed E-state index contributed by atoms with van der Waals surface area (Å²) in [6.45, 7) is 8.07. The number of aliphatic hydroxyl groups excluding tert-OH is 1. The molecule has 0 saturated heterocycles. The molecule has 3 heterocycles. The molecule has 0 unspecified atom stereocenters. The molecule has 0 fully saturated rings. The second-order valence-electron chi connectivity index (χ2n) is 17.6. The van der Waals surface area contributed by atoms with Gasteiger partial charge in [0, 0.05) is 36.4 Å². The maximum Gasteiger partial charge on any atom is 0.327 e. The number of unbranched alkanes of at least 4 members (excludes halogenated alkanes) is 1. The second kappa shape index (κ2) is 19.6. The molecule has 0 radical (unpaired) electrons. The predicted molar refractivity (Wildman–Crippen MR) is 250 cm³/mol. The number of hydrogen-bond acceptors (Lipinski definition) is 12. The minimum absolute atomic E-state index is 0.0268. The molecule has 2 aliphatic heterocycles. The number of aliphatic hydroxyl groups is 1. The van der Waals surface area contributed by atoms with Crippen molar-refractivity contribution in [1.82, 2.24) is 0 Å². The van der Waals surface area contributed by atoms with Crippen LogP contribution in [-0.2, 0) is 57.8 Å². The molecule has 5 N–H and O–H groups in total. The van der Waals surface area contributed by atoms with Crippen molar-refractivity contribution in [3.05, 3.63) is 113 Å². The second-order valence-corrected chi connectivity index (χ2v) is 23.5. The minimum Gasteiger partial charge on any atom is -0.494 e. The van der Waals surface area contributed by atoms with Gasteiger partial charge in [-0.3, -0.25) is 18.2 Å². The number of benzene rings is 2. The van der Waals surface area contributed by atoms with Crippen molar-refractivity contribution in [3.63, 3.8) is 0 Å². The van der Waals surface area contributed by atoms with E-state index in [2.05, 4.69) is 0 Å². The highest BCUT2D eigenvalue weighted by Gasteiger charge is 2.44. The Bertz CT molecular complexity index is 3010. The molecule has 0 saturated carbocycles. The summed E-state index contributed by atoms with van der Waals surface area (Å²) in [6.07, 6.45) is 12.1. The standard InChI is InChI=1S/C45H55N3O14S4/c1-44(2)38-29-36(66(59,60)61)30-47(21-9-25-63(50,51)52)43(38)46-40(44)19-15-31-11-7-12-32(42(31)33-13-8-14-34(27-33)62-24-6-5-23-49)16-20-41-45(3,4)37-28-35(65(56,57)58)17-18-39(37)48(41)22-10-26-64(53,54)55/h8,13-20,27-30,49H,5-7,9-12,21-26H2,1-4H3,(H3-,50,51,52,53,54,55,56,57,58,59,60,61)/p+1. The monoisotopic (exact) mass is 990 g/mol. The van der Waals surface area contributed by atoms with E-state index in [4.69, 9.17) is 9.73 Å². The van der Waals surface area contributed by atoms with E-state index in [1.807, 2.05) is 81.2 Å². The molecule has 0 bridgehead atoms. The summed E-state index contributed by atoms with van der Waals surface area (Å²) in [5, 5.41) is 9.29. The highest BCUT2D eigenvalue weighted by molar-refractivity contribution is 7.86. The van der Waals surface area contributed by atoms with Crippen LogP contribution in [0.5, 0.6) is 5.75 Å². The lowest BCUT2D eigenvalue weighted by atomic mass is 9.80. The van der Waals surface area contributed by atoms with Gasteiger partial charge < -0.3 is 14.7 Å². The number of rotatable bonds is 19. The average molecular weight is 991 g/mol. The Morgan fingerprint density at radius 3 is 2.11 bits per heavy atom. The summed E-state index contributed by atoms with van der Waals surface area (Å²) in [5.74, 6) is -0.0973.